The molecule has 2 nitrogen and oxygen atoms in total. The molecule has 3 heteroatoms. The second-order valence-corrected chi connectivity index (χ2v) is 5.53. The van der Waals surface area contributed by atoms with Gasteiger partial charge in [-0.15, -0.1) is 0 Å². The Morgan fingerprint density at radius 3 is 2.67 bits per heavy atom. The zero-order chi connectivity index (χ0) is 13.0. The summed E-state index contributed by atoms with van der Waals surface area (Å²) in [5.74, 6) is 0. The number of rotatable bonds is 4. The Kier molecular flexibility index (Phi) is 4.66. The highest BCUT2D eigenvalue weighted by Gasteiger charge is 2.39. The molecule has 1 aromatic rings. The van der Waals surface area contributed by atoms with Gasteiger partial charge in [0, 0.05) is 11.6 Å². The fraction of sp³-hybridized carbons (Fsp3) is 0.600. The van der Waals surface area contributed by atoms with Crippen LogP contribution >= 0.6 is 11.6 Å². The molecule has 0 heterocycles. The lowest BCUT2D eigenvalue weighted by molar-refractivity contribution is -0.0830. The van der Waals surface area contributed by atoms with Gasteiger partial charge < -0.3 is 10.5 Å². The van der Waals surface area contributed by atoms with Crippen LogP contribution in [0.25, 0.3) is 0 Å². The van der Waals surface area contributed by atoms with Crippen molar-refractivity contribution in [2.75, 3.05) is 6.61 Å². The topological polar surface area (TPSA) is 35.2 Å². The fourth-order valence-corrected chi connectivity index (χ4v) is 3.19. The summed E-state index contributed by atoms with van der Waals surface area (Å²) in [6.45, 7) is 2.76. The average molecular weight is 268 g/mol. The summed E-state index contributed by atoms with van der Waals surface area (Å²) in [6, 6.07) is 7.76. The largest absolute Gasteiger partial charge is 0.373 e. The molecule has 1 atom stereocenters. The zero-order valence-corrected chi connectivity index (χ0v) is 11.7. The molecule has 0 amide bonds. The molecule has 2 N–H and O–H groups in total. The molecular formula is C15H22ClNO. The maximum atomic E-state index is 6.48. The first-order valence-electron chi connectivity index (χ1n) is 6.83. The number of benzene rings is 1. The SMILES string of the molecule is CCOC1(C(N)c2cccc(Cl)c2)CCCCC1. The minimum Gasteiger partial charge on any atom is -0.373 e. The number of hydrogen-bond acceptors (Lipinski definition) is 2. The Labute approximate surface area is 114 Å². The number of ether oxygens (including phenoxy) is 1. The van der Waals surface area contributed by atoms with Crippen molar-refractivity contribution in [3.05, 3.63) is 34.9 Å². The van der Waals surface area contributed by atoms with E-state index < -0.39 is 0 Å². The quantitative estimate of drug-likeness (QED) is 0.892. The van der Waals surface area contributed by atoms with Crippen molar-refractivity contribution in [2.24, 2.45) is 5.73 Å². The van der Waals surface area contributed by atoms with Gasteiger partial charge >= 0.3 is 0 Å². The standard InChI is InChI=1S/C15H22ClNO/c1-2-18-15(9-4-3-5-10-15)14(17)12-7-6-8-13(16)11-12/h6-8,11,14H,2-5,9-10,17H2,1H3. The maximum absolute atomic E-state index is 6.48. The van der Waals surface area contributed by atoms with Crippen molar-refractivity contribution < 1.29 is 4.74 Å². The second kappa shape index (κ2) is 6.05. The first-order valence-corrected chi connectivity index (χ1v) is 7.21. The van der Waals surface area contributed by atoms with E-state index >= 15 is 0 Å². The van der Waals surface area contributed by atoms with Crippen LogP contribution in [0.15, 0.2) is 24.3 Å². The zero-order valence-electron chi connectivity index (χ0n) is 11.0. The van der Waals surface area contributed by atoms with Crippen molar-refractivity contribution in [3.8, 4) is 0 Å². The third-order valence-electron chi connectivity index (χ3n) is 3.91. The Bertz CT molecular complexity index is 382. The summed E-state index contributed by atoms with van der Waals surface area (Å²) in [5.41, 5.74) is 7.36. The van der Waals surface area contributed by atoms with Gasteiger partial charge in [-0.05, 0) is 37.5 Å². The van der Waals surface area contributed by atoms with E-state index in [2.05, 4.69) is 0 Å². The van der Waals surface area contributed by atoms with Gasteiger partial charge in [-0.2, -0.15) is 0 Å². The van der Waals surface area contributed by atoms with Crippen LogP contribution in [0.1, 0.15) is 50.6 Å². The number of halogens is 1. The van der Waals surface area contributed by atoms with Gasteiger partial charge in [-0.25, -0.2) is 0 Å². The third-order valence-corrected chi connectivity index (χ3v) is 4.14. The van der Waals surface area contributed by atoms with Gasteiger partial charge in [0.05, 0.1) is 11.6 Å². The van der Waals surface area contributed by atoms with Crippen molar-refractivity contribution in [1.82, 2.24) is 0 Å². The lowest BCUT2D eigenvalue weighted by Crippen LogP contribution is -2.45. The van der Waals surface area contributed by atoms with Crippen LogP contribution in [0.2, 0.25) is 5.02 Å². The molecule has 1 aliphatic carbocycles. The van der Waals surface area contributed by atoms with Crippen molar-refractivity contribution in [1.29, 1.82) is 0 Å². The summed E-state index contributed by atoms with van der Waals surface area (Å²) in [6.07, 6.45) is 5.79. The molecule has 1 aromatic carbocycles. The van der Waals surface area contributed by atoms with Gasteiger partial charge in [0.15, 0.2) is 0 Å². The summed E-state index contributed by atoms with van der Waals surface area (Å²) >= 11 is 6.05. The van der Waals surface area contributed by atoms with Crippen LogP contribution in [0.3, 0.4) is 0 Å². The lowest BCUT2D eigenvalue weighted by atomic mass is 9.77. The van der Waals surface area contributed by atoms with Gasteiger partial charge in [0.25, 0.3) is 0 Å². The summed E-state index contributed by atoms with van der Waals surface area (Å²) in [7, 11) is 0. The normalized spacial score (nSPS) is 20.6. The van der Waals surface area contributed by atoms with Gasteiger partial charge in [-0.3, -0.25) is 0 Å². The monoisotopic (exact) mass is 267 g/mol. The minimum atomic E-state index is -0.197. The Hall–Kier alpha value is -0.570. The molecule has 0 aliphatic heterocycles. The molecule has 1 unspecified atom stereocenters. The van der Waals surface area contributed by atoms with Crippen molar-refractivity contribution in [2.45, 2.75) is 50.7 Å². The van der Waals surface area contributed by atoms with Gasteiger partial charge in [0.1, 0.15) is 0 Å². The first kappa shape index (κ1) is 13.9. The molecule has 1 fully saturated rings. The molecular weight excluding hydrogens is 246 g/mol. The number of hydrogen-bond donors (Lipinski definition) is 1. The molecule has 0 radical (unpaired) electrons. The first-order chi connectivity index (χ1) is 8.68. The van der Waals surface area contributed by atoms with Crippen LogP contribution in [-0.2, 0) is 4.74 Å². The Morgan fingerprint density at radius 2 is 2.06 bits per heavy atom. The highest BCUT2D eigenvalue weighted by molar-refractivity contribution is 6.30. The highest BCUT2D eigenvalue weighted by Crippen LogP contribution is 2.40. The van der Waals surface area contributed by atoms with E-state index in [4.69, 9.17) is 22.1 Å². The molecule has 0 spiro atoms. The second-order valence-electron chi connectivity index (χ2n) is 5.09. The predicted molar refractivity (Wildman–Crippen MR) is 75.8 cm³/mol. The average Bonchev–Trinajstić information content (AvgIpc) is 2.39. The van der Waals surface area contributed by atoms with Crippen LogP contribution < -0.4 is 5.73 Å². The Morgan fingerprint density at radius 1 is 1.33 bits per heavy atom. The molecule has 0 aromatic heterocycles. The van der Waals surface area contributed by atoms with Crippen molar-refractivity contribution >= 4 is 11.6 Å². The van der Waals surface area contributed by atoms with E-state index in [0.29, 0.717) is 6.61 Å². The molecule has 0 bridgehead atoms. The van der Waals surface area contributed by atoms with E-state index in [0.717, 1.165) is 23.4 Å². The van der Waals surface area contributed by atoms with E-state index in [1.807, 2.05) is 31.2 Å². The van der Waals surface area contributed by atoms with Gasteiger partial charge in [-0.1, -0.05) is 43.0 Å². The molecule has 0 saturated heterocycles. The molecule has 1 aliphatic rings. The van der Waals surface area contributed by atoms with Gasteiger partial charge in [0.2, 0.25) is 0 Å². The van der Waals surface area contributed by atoms with E-state index in [-0.39, 0.29) is 11.6 Å². The smallest absolute Gasteiger partial charge is 0.0874 e. The fourth-order valence-electron chi connectivity index (χ4n) is 2.99. The minimum absolute atomic E-state index is 0.0866. The van der Waals surface area contributed by atoms with Crippen LogP contribution in [0.4, 0.5) is 0 Å². The van der Waals surface area contributed by atoms with Crippen LogP contribution in [-0.4, -0.2) is 12.2 Å². The van der Waals surface area contributed by atoms with E-state index in [1.54, 1.807) is 0 Å². The maximum Gasteiger partial charge on any atom is 0.0874 e. The predicted octanol–water partition coefficient (Wildman–Crippen LogP) is 4.08. The molecule has 18 heavy (non-hydrogen) atoms. The van der Waals surface area contributed by atoms with Crippen LogP contribution in [0, 0.1) is 0 Å². The summed E-state index contributed by atoms with van der Waals surface area (Å²) in [5, 5.41) is 0.741. The Balaban J connectivity index is 2.24. The van der Waals surface area contributed by atoms with E-state index in [9.17, 15) is 0 Å². The summed E-state index contributed by atoms with van der Waals surface area (Å²) < 4.78 is 6.06. The molecule has 100 valence electrons. The molecule has 1 saturated carbocycles. The summed E-state index contributed by atoms with van der Waals surface area (Å²) in [4.78, 5) is 0. The van der Waals surface area contributed by atoms with E-state index in [1.165, 1.54) is 19.3 Å². The number of nitrogens with two attached hydrogens (primary N) is 1. The highest BCUT2D eigenvalue weighted by atomic mass is 35.5. The molecule has 2 rings (SSSR count). The van der Waals surface area contributed by atoms with Crippen molar-refractivity contribution in [3.63, 3.8) is 0 Å². The third kappa shape index (κ3) is 2.87. The lowest BCUT2D eigenvalue weighted by Gasteiger charge is -2.41. The van der Waals surface area contributed by atoms with Crippen LogP contribution in [0.5, 0.6) is 0 Å².